The summed E-state index contributed by atoms with van der Waals surface area (Å²) in [6.45, 7) is 5.51. The van der Waals surface area contributed by atoms with E-state index in [2.05, 4.69) is 27.3 Å². The SMILES string of the molecule is C=C(O)c1ccc2c(c1C)CCC2NC(=O)c1cc(C(=O)NCc2ccc(F)c(OC)c2)nc2c(F)cnn12. The highest BCUT2D eigenvalue weighted by Gasteiger charge is 2.28. The zero-order valence-electron chi connectivity index (χ0n) is 21.2. The Morgan fingerprint density at radius 1 is 1.18 bits per heavy atom. The predicted octanol–water partition coefficient (Wildman–Crippen LogP) is 4.20. The summed E-state index contributed by atoms with van der Waals surface area (Å²) in [5.41, 5.74) is 3.53. The molecule has 39 heavy (non-hydrogen) atoms. The number of amides is 2. The molecule has 1 aliphatic rings. The summed E-state index contributed by atoms with van der Waals surface area (Å²) in [7, 11) is 1.33. The number of nitrogens with zero attached hydrogens (tertiary/aromatic N) is 3. The number of aliphatic hydroxyl groups excluding tert-OH is 1. The van der Waals surface area contributed by atoms with Crippen molar-refractivity contribution in [2.75, 3.05) is 7.11 Å². The van der Waals surface area contributed by atoms with Gasteiger partial charge in [0, 0.05) is 18.2 Å². The molecule has 2 heterocycles. The van der Waals surface area contributed by atoms with Gasteiger partial charge < -0.3 is 20.5 Å². The summed E-state index contributed by atoms with van der Waals surface area (Å²) in [6.07, 6.45) is 2.24. The third-order valence-corrected chi connectivity index (χ3v) is 6.87. The average Bonchev–Trinajstić information content (AvgIpc) is 3.51. The van der Waals surface area contributed by atoms with Crippen molar-refractivity contribution in [3.05, 3.63) is 100 Å². The molecule has 1 unspecified atom stereocenters. The molecule has 5 rings (SSSR count). The third kappa shape index (κ3) is 4.78. The Kier molecular flexibility index (Phi) is 6.73. The molecule has 200 valence electrons. The Balaban J connectivity index is 1.40. The van der Waals surface area contributed by atoms with Crippen LogP contribution in [0.25, 0.3) is 11.4 Å². The van der Waals surface area contributed by atoms with E-state index >= 15 is 0 Å². The minimum Gasteiger partial charge on any atom is -0.508 e. The standard InChI is InChI=1S/C28H25F2N5O4/c1-14-17(15(2)36)5-6-19-18(14)7-9-22(19)34-28(38)24-11-23(33-26-21(30)13-32-35(24)26)27(37)31-12-16-4-8-20(29)25(10-16)39-3/h4-6,8,10-11,13,22,36H,2,7,9,12H2,1,3H3,(H,31,37)(H,34,38). The van der Waals surface area contributed by atoms with E-state index in [9.17, 15) is 23.5 Å². The number of methoxy groups -OCH3 is 1. The minimum atomic E-state index is -0.791. The molecule has 0 saturated carbocycles. The number of benzene rings is 2. The summed E-state index contributed by atoms with van der Waals surface area (Å²) < 4.78 is 34.2. The van der Waals surface area contributed by atoms with Gasteiger partial charge in [-0.1, -0.05) is 24.8 Å². The van der Waals surface area contributed by atoms with E-state index in [0.29, 0.717) is 24.0 Å². The topological polar surface area (TPSA) is 118 Å². The van der Waals surface area contributed by atoms with Crippen LogP contribution >= 0.6 is 0 Å². The van der Waals surface area contributed by atoms with Gasteiger partial charge in [-0.25, -0.2) is 18.3 Å². The predicted molar refractivity (Wildman–Crippen MR) is 138 cm³/mol. The summed E-state index contributed by atoms with van der Waals surface area (Å²) >= 11 is 0. The fraction of sp³-hybridized carbons (Fsp3) is 0.214. The quantitative estimate of drug-likeness (QED) is 0.307. The molecule has 9 nitrogen and oxygen atoms in total. The Morgan fingerprint density at radius 2 is 1.97 bits per heavy atom. The lowest BCUT2D eigenvalue weighted by atomic mass is 9.97. The van der Waals surface area contributed by atoms with Crippen molar-refractivity contribution in [3.63, 3.8) is 0 Å². The van der Waals surface area contributed by atoms with Crippen LogP contribution in [0.2, 0.25) is 0 Å². The molecule has 11 heteroatoms. The monoisotopic (exact) mass is 533 g/mol. The van der Waals surface area contributed by atoms with Gasteiger partial charge in [-0.15, -0.1) is 0 Å². The highest BCUT2D eigenvalue weighted by Crippen LogP contribution is 2.36. The summed E-state index contributed by atoms with van der Waals surface area (Å²) in [4.78, 5) is 30.4. The lowest BCUT2D eigenvalue weighted by Gasteiger charge is -2.16. The third-order valence-electron chi connectivity index (χ3n) is 6.87. The molecule has 0 aliphatic heterocycles. The minimum absolute atomic E-state index is 0.0199. The fourth-order valence-electron chi connectivity index (χ4n) is 4.88. The second kappa shape index (κ2) is 10.2. The van der Waals surface area contributed by atoms with Crippen molar-refractivity contribution in [3.8, 4) is 5.75 Å². The van der Waals surface area contributed by atoms with Crippen molar-refractivity contribution in [1.82, 2.24) is 25.2 Å². The van der Waals surface area contributed by atoms with Gasteiger partial charge in [0.25, 0.3) is 11.8 Å². The van der Waals surface area contributed by atoms with Crippen molar-refractivity contribution in [2.45, 2.75) is 32.4 Å². The first kappa shape index (κ1) is 25.8. The maximum atomic E-state index is 14.5. The zero-order chi connectivity index (χ0) is 27.8. The van der Waals surface area contributed by atoms with E-state index in [1.165, 1.54) is 31.4 Å². The molecular weight excluding hydrogens is 508 g/mol. The van der Waals surface area contributed by atoms with Crippen LogP contribution in [0.4, 0.5) is 8.78 Å². The number of hydrogen-bond acceptors (Lipinski definition) is 6. The number of aliphatic hydroxyl groups is 1. The Labute approximate surface area is 222 Å². The molecule has 4 aromatic rings. The number of fused-ring (bicyclic) bond motifs is 2. The van der Waals surface area contributed by atoms with Crippen molar-refractivity contribution >= 4 is 23.2 Å². The number of nitrogens with one attached hydrogen (secondary N) is 2. The van der Waals surface area contributed by atoms with Crippen LogP contribution in [0.15, 0.2) is 49.2 Å². The van der Waals surface area contributed by atoms with Gasteiger partial charge in [-0.3, -0.25) is 9.59 Å². The first-order valence-electron chi connectivity index (χ1n) is 12.1. The number of hydrogen-bond donors (Lipinski definition) is 3. The Bertz CT molecular complexity index is 1650. The number of halogens is 2. The molecule has 2 aromatic carbocycles. The molecule has 0 spiro atoms. The van der Waals surface area contributed by atoms with Crippen LogP contribution in [-0.2, 0) is 13.0 Å². The van der Waals surface area contributed by atoms with Gasteiger partial charge in [-0.2, -0.15) is 5.10 Å². The van der Waals surface area contributed by atoms with Gasteiger partial charge in [0.05, 0.1) is 19.3 Å². The van der Waals surface area contributed by atoms with Gasteiger partial charge in [0.1, 0.15) is 17.1 Å². The summed E-state index contributed by atoms with van der Waals surface area (Å²) in [5, 5.41) is 19.4. The number of carbonyl (C=O) groups excluding carboxylic acids is 2. The molecule has 0 bridgehead atoms. The van der Waals surface area contributed by atoms with E-state index in [1.807, 2.05) is 13.0 Å². The second-order valence-electron chi connectivity index (χ2n) is 9.22. The Hall–Kier alpha value is -4.80. The molecule has 1 atom stereocenters. The van der Waals surface area contributed by atoms with Crippen LogP contribution in [0, 0.1) is 18.6 Å². The normalized spacial score (nSPS) is 14.2. The van der Waals surface area contributed by atoms with Crippen molar-refractivity contribution < 1.29 is 28.2 Å². The number of carbonyl (C=O) groups is 2. The summed E-state index contributed by atoms with van der Waals surface area (Å²) in [5.74, 6) is -2.54. The second-order valence-corrected chi connectivity index (χ2v) is 9.22. The molecule has 0 saturated heterocycles. The molecule has 3 N–H and O–H groups in total. The van der Waals surface area contributed by atoms with Crippen LogP contribution < -0.4 is 15.4 Å². The molecule has 0 radical (unpaired) electrons. The van der Waals surface area contributed by atoms with E-state index in [-0.39, 0.29) is 41.1 Å². The van der Waals surface area contributed by atoms with Crippen LogP contribution in [0.5, 0.6) is 5.75 Å². The highest BCUT2D eigenvalue weighted by atomic mass is 19.1. The van der Waals surface area contributed by atoms with Gasteiger partial charge in [-0.05, 0) is 54.2 Å². The van der Waals surface area contributed by atoms with Crippen LogP contribution in [0.1, 0.15) is 61.3 Å². The first-order valence-corrected chi connectivity index (χ1v) is 12.1. The van der Waals surface area contributed by atoms with Crippen molar-refractivity contribution in [2.24, 2.45) is 0 Å². The first-order chi connectivity index (χ1) is 18.7. The zero-order valence-corrected chi connectivity index (χ0v) is 21.2. The van der Waals surface area contributed by atoms with E-state index in [0.717, 1.165) is 27.4 Å². The molecule has 2 amide bonds. The summed E-state index contributed by atoms with van der Waals surface area (Å²) in [6, 6.07) is 8.67. The molecular formula is C28H25F2N5O4. The fourth-order valence-corrected chi connectivity index (χ4v) is 4.88. The molecule has 1 aliphatic carbocycles. The Morgan fingerprint density at radius 3 is 2.72 bits per heavy atom. The van der Waals surface area contributed by atoms with Gasteiger partial charge in [0.15, 0.2) is 23.0 Å². The van der Waals surface area contributed by atoms with Crippen LogP contribution in [0.3, 0.4) is 0 Å². The smallest absolute Gasteiger partial charge is 0.270 e. The maximum absolute atomic E-state index is 14.5. The van der Waals surface area contributed by atoms with Crippen molar-refractivity contribution in [1.29, 1.82) is 0 Å². The lowest BCUT2D eigenvalue weighted by molar-refractivity contribution is 0.0929. The van der Waals surface area contributed by atoms with Crippen LogP contribution in [-0.4, -0.2) is 38.6 Å². The highest BCUT2D eigenvalue weighted by molar-refractivity contribution is 5.98. The van der Waals surface area contributed by atoms with Gasteiger partial charge in [0.2, 0.25) is 0 Å². The molecule has 0 fully saturated rings. The molecule has 2 aromatic heterocycles. The number of aromatic nitrogens is 3. The largest absolute Gasteiger partial charge is 0.508 e. The van der Waals surface area contributed by atoms with E-state index in [1.54, 1.807) is 6.07 Å². The van der Waals surface area contributed by atoms with Gasteiger partial charge >= 0.3 is 0 Å². The average molecular weight is 534 g/mol. The van der Waals surface area contributed by atoms with E-state index < -0.39 is 23.4 Å². The van der Waals surface area contributed by atoms with E-state index in [4.69, 9.17) is 4.74 Å². The lowest BCUT2D eigenvalue weighted by Crippen LogP contribution is -2.30. The maximum Gasteiger partial charge on any atom is 0.270 e. The number of rotatable bonds is 7. The number of ether oxygens (including phenoxy) is 1.